The van der Waals surface area contributed by atoms with Crippen molar-refractivity contribution in [2.24, 2.45) is 5.92 Å². The Balaban J connectivity index is 1.74. The molecule has 0 N–H and O–H groups in total. The first kappa shape index (κ1) is 15.4. The molecule has 2 aliphatic heterocycles. The van der Waals surface area contributed by atoms with E-state index in [1.165, 1.54) is 10.5 Å². The van der Waals surface area contributed by atoms with Gasteiger partial charge in [0.1, 0.15) is 4.90 Å². The van der Waals surface area contributed by atoms with E-state index in [4.69, 9.17) is 0 Å². The van der Waals surface area contributed by atoms with Crippen molar-refractivity contribution in [2.75, 3.05) is 26.2 Å². The van der Waals surface area contributed by atoms with Crippen LogP contribution in [0.1, 0.15) is 25.7 Å². The molecule has 6 nitrogen and oxygen atoms in total. The van der Waals surface area contributed by atoms with E-state index in [0.29, 0.717) is 6.54 Å². The Morgan fingerprint density at radius 3 is 2.64 bits per heavy atom. The molecular weight excluding hydrogens is 302 g/mol. The van der Waals surface area contributed by atoms with Crippen molar-refractivity contribution >= 4 is 15.9 Å². The summed E-state index contributed by atoms with van der Waals surface area (Å²) in [6, 6.07) is 3.16. The van der Waals surface area contributed by atoms with Gasteiger partial charge >= 0.3 is 0 Å². The molecule has 120 valence electrons. The Bertz CT molecular complexity index is 627. The molecule has 0 spiro atoms. The minimum absolute atomic E-state index is 0.114. The third-order valence-corrected chi connectivity index (χ3v) is 6.27. The van der Waals surface area contributed by atoms with Crippen LogP contribution in [0.15, 0.2) is 29.4 Å². The van der Waals surface area contributed by atoms with Gasteiger partial charge in [0.2, 0.25) is 15.9 Å². The van der Waals surface area contributed by atoms with Crippen molar-refractivity contribution in [3.05, 3.63) is 24.5 Å². The predicted molar refractivity (Wildman–Crippen MR) is 81.5 cm³/mol. The number of carbonyl (C=O) groups excluding carboxylic acids is 1. The monoisotopic (exact) mass is 323 g/mol. The number of aromatic nitrogens is 1. The smallest absolute Gasteiger partial charge is 0.244 e. The number of carbonyl (C=O) groups is 1. The van der Waals surface area contributed by atoms with Crippen LogP contribution in [-0.2, 0) is 14.8 Å². The molecule has 0 bridgehead atoms. The first-order valence-electron chi connectivity index (χ1n) is 7.78. The van der Waals surface area contributed by atoms with Crippen molar-refractivity contribution in [3.63, 3.8) is 0 Å². The fourth-order valence-corrected chi connectivity index (χ4v) is 4.70. The summed E-state index contributed by atoms with van der Waals surface area (Å²) in [6.07, 6.45) is 6.51. The molecule has 1 atom stereocenters. The van der Waals surface area contributed by atoms with E-state index in [9.17, 15) is 13.2 Å². The zero-order chi connectivity index (χ0) is 15.6. The predicted octanol–water partition coefficient (Wildman–Crippen LogP) is 1.10. The topological polar surface area (TPSA) is 70.6 Å². The number of amides is 1. The zero-order valence-electron chi connectivity index (χ0n) is 12.5. The zero-order valence-corrected chi connectivity index (χ0v) is 13.3. The molecule has 3 rings (SSSR count). The summed E-state index contributed by atoms with van der Waals surface area (Å²) in [6.45, 7) is 2.38. The maximum Gasteiger partial charge on any atom is 0.244 e. The average molecular weight is 323 g/mol. The highest BCUT2D eigenvalue weighted by atomic mass is 32.2. The Kier molecular flexibility index (Phi) is 4.44. The third kappa shape index (κ3) is 3.01. The Hall–Kier alpha value is -1.47. The van der Waals surface area contributed by atoms with Gasteiger partial charge in [0.05, 0.1) is 5.92 Å². The molecular formula is C15H21N3O3S. The lowest BCUT2D eigenvalue weighted by Gasteiger charge is -2.33. The van der Waals surface area contributed by atoms with Crippen LogP contribution in [0.25, 0.3) is 0 Å². The van der Waals surface area contributed by atoms with E-state index in [-0.39, 0.29) is 23.3 Å². The number of nitrogens with zero attached hydrogens (tertiary/aromatic N) is 3. The van der Waals surface area contributed by atoms with Crippen LogP contribution < -0.4 is 0 Å². The molecule has 1 aromatic rings. The van der Waals surface area contributed by atoms with Crippen molar-refractivity contribution in [2.45, 2.75) is 30.6 Å². The van der Waals surface area contributed by atoms with Crippen LogP contribution in [0.2, 0.25) is 0 Å². The fourth-order valence-electron chi connectivity index (χ4n) is 3.21. The molecule has 2 saturated heterocycles. The van der Waals surface area contributed by atoms with Crippen molar-refractivity contribution in [3.8, 4) is 0 Å². The molecule has 1 unspecified atom stereocenters. The quantitative estimate of drug-likeness (QED) is 0.835. The molecule has 0 radical (unpaired) electrons. The maximum absolute atomic E-state index is 12.6. The average Bonchev–Trinajstić information content (AvgIpc) is 3.09. The summed E-state index contributed by atoms with van der Waals surface area (Å²) >= 11 is 0. The van der Waals surface area contributed by atoms with E-state index >= 15 is 0 Å². The second-order valence-electron chi connectivity index (χ2n) is 5.92. The lowest BCUT2D eigenvalue weighted by Crippen LogP contribution is -2.46. The van der Waals surface area contributed by atoms with E-state index in [1.54, 1.807) is 18.3 Å². The van der Waals surface area contributed by atoms with Gasteiger partial charge in [-0.15, -0.1) is 0 Å². The molecule has 22 heavy (non-hydrogen) atoms. The molecule has 3 heterocycles. The van der Waals surface area contributed by atoms with Gasteiger partial charge in [-0.1, -0.05) is 0 Å². The lowest BCUT2D eigenvalue weighted by atomic mass is 9.98. The summed E-state index contributed by atoms with van der Waals surface area (Å²) in [5.74, 6) is -0.0955. The van der Waals surface area contributed by atoms with Crippen LogP contribution in [0.3, 0.4) is 0 Å². The van der Waals surface area contributed by atoms with Gasteiger partial charge in [-0.25, -0.2) is 8.42 Å². The lowest BCUT2D eigenvalue weighted by molar-refractivity contribution is -0.135. The molecule has 2 fully saturated rings. The summed E-state index contributed by atoms with van der Waals surface area (Å²) in [5.41, 5.74) is 0. The van der Waals surface area contributed by atoms with E-state index in [2.05, 4.69) is 4.98 Å². The highest BCUT2D eigenvalue weighted by Gasteiger charge is 2.35. The first-order chi connectivity index (χ1) is 10.6. The van der Waals surface area contributed by atoms with Gasteiger partial charge in [0.25, 0.3) is 0 Å². The van der Waals surface area contributed by atoms with Crippen LogP contribution >= 0.6 is 0 Å². The largest absolute Gasteiger partial charge is 0.342 e. The van der Waals surface area contributed by atoms with Crippen LogP contribution in [0.5, 0.6) is 0 Å². The number of piperidine rings is 1. The van der Waals surface area contributed by atoms with Crippen LogP contribution in [0, 0.1) is 5.92 Å². The molecule has 0 saturated carbocycles. The summed E-state index contributed by atoms with van der Waals surface area (Å²) in [7, 11) is -3.55. The Morgan fingerprint density at radius 2 is 1.95 bits per heavy atom. The molecule has 2 aliphatic rings. The van der Waals surface area contributed by atoms with Gasteiger partial charge in [0.15, 0.2) is 0 Å². The first-order valence-corrected chi connectivity index (χ1v) is 9.22. The van der Waals surface area contributed by atoms with E-state index in [0.717, 1.165) is 38.8 Å². The van der Waals surface area contributed by atoms with Gasteiger partial charge < -0.3 is 4.90 Å². The van der Waals surface area contributed by atoms with E-state index in [1.807, 2.05) is 4.90 Å². The number of hydrogen-bond donors (Lipinski definition) is 0. The highest BCUT2D eigenvalue weighted by Crippen LogP contribution is 2.25. The second kappa shape index (κ2) is 6.34. The van der Waals surface area contributed by atoms with Gasteiger partial charge in [-0.3, -0.25) is 9.78 Å². The van der Waals surface area contributed by atoms with E-state index < -0.39 is 10.0 Å². The normalized spacial score (nSPS) is 23.6. The van der Waals surface area contributed by atoms with Crippen molar-refractivity contribution < 1.29 is 13.2 Å². The highest BCUT2D eigenvalue weighted by molar-refractivity contribution is 7.89. The number of sulfonamides is 1. The Labute approximate surface area is 131 Å². The number of hydrogen-bond acceptors (Lipinski definition) is 4. The summed E-state index contributed by atoms with van der Waals surface area (Å²) in [5, 5.41) is 0. The van der Waals surface area contributed by atoms with Crippen LogP contribution in [0.4, 0.5) is 0 Å². The number of rotatable bonds is 3. The SMILES string of the molecule is O=C(C1CCCN(S(=O)(=O)c2cccnc2)C1)N1CCCC1. The molecule has 0 aromatic carbocycles. The summed E-state index contributed by atoms with van der Waals surface area (Å²) in [4.78, 5) is 18.5. The summed E-state index contributed by atoms with van der Waals surface area (Å²) < 4.78 is 26.7. The standard InChI is InChI=1S/C15H21N3O3S/c19-15(17-8-1-2-9-17)13-5-4-10-18(12-13)22(20,21)14-6-3-7-16-11-14/h3,6-7,11,13H,1-2,4-5,8-10,12H2. The minimum atomic E-state index is -3.55. The molecule has 1 aromatic heterocycles. The fraction of sp³-hybridized carbons (Fsp3) is 0.600. The second-order valence-corrected chi connectivity index (χ2v) is 7.86. The van der Waals surface area contributed by atoms with Crippen LogP contribution in [-0.4, -0.2) is 54.7 Å². The maximum atomic E-state index is 12.6. The Morgan fingerprint density at radius 1 is 1.18 bits per heavy atom. The van der Waals surface area contributed by atoms with Crippen molar-refractivity contribution in [1.82, 2.24) is 14.2 Å². The van der Waals surface area contributed by atoms with Gasteiger partial charge in [-0.05, 0) is 37.8 Å². The van der Waals surface area contributed by atoms with Gasteiger partial charge in [0, 0.05) is 38.6 Å². The third-order valence-electron chi connectivity index (χ3n) is 4.42. The molecule has 7 heteroatoms. The minimum Gasteiger partial charge on any atom is -0.342 e. The molecule has 0 aliphatic carbocycles. The van der Waals surface area contributed by atoms with Crippen molar-refractivity contribution in [1.29, 1.82) is 0 Å². The molecule has 1 amide bonds. The van der Waals surface area contributed by atoms with Gasteiger partial charge in [-0.2, -0.15) is 4.31 Å². The number of likely N-dealkylation sites (tertiary alicyclic amines) is 1. The number of pyridine rings is 1.